The van der Waals surface area contributed by atoms with Crippen molar-refractivity contribution in [1.29, 1.82) is 0 Å². The lowest BCUT2D eigenvalue weighted by molar-refractivity contribution is -0.121. The molecule has 1 aliphatic heterocycles. The van der Waals surface area contributed by atoms with E-state index in [0.717, 1.165) is 0 Å². The van der Waals surface area contributed by atoms with Crippen LogP contribution in [0.3, 0.4) is 0 Å². The van der Waals surface area contributed by atoms with Crippen molar-refractivity contribution in [2.24, 2.45) is 5.92 Å². The maximum atomic E-state index is 12.3. The van der Waals surface area contributed by atoms with Gasteiger partial charge in [0.2, 0.25) is 5.91 Å². The second-order valence-electron chi connectivity index (χ2n) is 6.86. The third-order valence-electron chi connectivity index (χ3n) is 3.67. The number of hydrogen-bond donors (Lipinski definition) is 2. The zero-order valence-electron chi connectivity index (χ0n) is 14.0. The molecule has 1 aliphatic rings. The normalized spacial score (nSPS) is 16.0. The number of nitrogens with two attached hydrogens (primary N) is 1. The summed E-state index contributed by atoms with van der Waals surface area (Å²) in [5, 5.41) is 2.88. The van der Waals surface area contributed by atoms with Gasteiger partial charge in [-0.15, -0.1) is 0 Å². The van der Waals surface area contributed by atoms with E-state index in [9.17, 15) is 9.59 Å². The SMILES string of the molecule is CC(C)(C)OC(=O)N1CCC(C(=O)Nc2cccc(N)c2)CC1. The molecule has 0 unspecified atom stereocenters. The summed E-state index contributed by atoms with van der Waals surface area (Å²) in [5.41, 5.74) is 6.52. The van der Waals surface area contributed by atoms with Crippen molar-refractivity contribution in [1.82, 2.24) is 4.90 Å². The number of benzene rings is 1. The van der Waals surface area contributed by atoms with E-state index in [2.05, 4.69) is 5.32 Å². The molecule has 126 valence electrons. The molecule has 1 aromatic rings. The first-order valence-corrected chi connectivity index (χ1v) is 7.89. The number of piperidine rings is 1. The van der Waals surface area contributed by atoms with Crippen molar-refractivity contribution < 1.29 is 14.3 Å². The Morgan fingerprint density at radius 2 is 1.91 bits per heavy atom. The van der Waals surface area contributed by atoms with Crippen LogP contribution in [0.1, 0.15) is 33.6 Å². The summed E-state index contributed by atoms with van der Waals surface area (Å²) in [4.78, 5) is 26.0. The number of anilines is 2. The number of nitrogens with zero attached hydrogens (tertiary/aromatic N) is 1. The molecule has 6 nitrogen and oxygen atoms in total. The van der Waals surface area contributed by atoms with Crippen LogP contribution in [-0.4, -0.2) is 35.6 Å². The Kier molecular flexibility index (Phi) is 5.13. The average molecular weight is 319 g/mol. The van der Waals surface area contributed by atoms with Gasteiger partial charge in [-0.1, -0.05) is 6.07 Å². The molecule has 2 amide bonds. The van der Waals surface area contributed by atoms with Crippen LogP contribution in [0.15, 0.2) is 24.3 Å². The average Bonchev–Trinajstić information content (AvgIpc) is 2.45. The zero-order chi connectivity index (χ0) is 17.0. The van der Waals surface area contributed by atoms with Gasteiger partial charge in [-0.05, 0) is 51.8 Å². The first-order chi connectivity index (χ1) is 10.7. The van der Waals surface area contributed by atoms with E-state index < -0.39 is 5.60 Å². The molecular weight excluding hydrogens is 294 g/mol. The fraction of sp³-hybridized carbons (Fsp3) is 0.529. The summed E-state index contributed by atoms with van der Waals surface area (Å²) in [5.74, 6) is -0.130. The van der Waals surface area contributed by atoms with Gasteiger partial charge in [-0.25, -0.2) is 4.79 Å². The fourth-order valence-electron chi connectivity index (χ4n) is 2.51. The van der Waals surface area contributed by atoms with Gasteiger partial charge in [-0.3, -0.25) is 4.79 Å². The van der Waals surface area contributed by atoms with Gasteiger partial charge >= 0.3 is 6.09 Å². The van der Waals surface area contributed by atoms with E-state index in [0.29, 0.717) is 37.3 Å². The number of hydrogen-bond acceptors (Lipinski definition) is 4. The third kappa shape index (κ3) is 5.16. The Hall–Kier alpha value is -2.24. The molecule has 0 saturated carbocycles. The zero-order valence-corrected chi connectivity index (χ0v) is 14.0. The Bertz CT molecular complexity index is 573. The number of amides is 2. The van der Waals surface area contributed by atoms with Crippen molar-refractivity contribution in [3.05, 3.63) is 24.3 Å². The Morgan fingerprint density at radius 1 is 1.26 bits per heavy atom. The minimum absolute atomic E-state index is 0.0283. The monoisotopic (exact) mass is 319 g/mol. The first-order valence-electron chi connectivity index (χ1n) is 7.89. The van der Waals surface area contributed by atoms with Crippen molar-refractivity contribution in [2.75, 3.05) is 24.1 Å². The Morgan fingerprint density at radius 3 is 2.48 bits per heavy atom. The highest BCUT2D eigenvalue weighted by molar-refractivity contribution is 5.93. The highest BCUT2D eigenvalue weighted by Gasteiger charge is 2.29. The highest BCUT2D eigenvalue weighted by Crippen LogP contribution is 2.22. The highest BCUT2D eigenvalue weighted by atomic mass is 16.6. The van der Waals surface area contributed by atoms with Gasteiger partial charge in [0.1, 0.15) is 5.60 Å². The van der Waals surface area contributed by atoms with Gasteiger partial charge in [0.05, 0.1) is 0 Å². The Balaban J connectivity index is 1.84. The molecule has 23 heavy (non-hydrogen) atoms. The Labute approximate surface area is 137 Å². The maximum Gasteiger partial charge on any atom is 0.410 e. The van der Waals surface area contributed by atoms with Crippen LogP contribution in [0, 0.1) is 5.92 Å². The van der Waals surface area contributed by atoms with Crippen molar-refractivity contribution in [3.8, 4) is 0 Å². The molecule has 1 heterocycles. The molecule has 0 bridgehead atoms. The summed E-state index contributed by atoms with van der Waals surface area (Å²) in [6, 6.07) is 7.11. The van der Waals surface area contributed by atoms with Crippen LogP contribution in [0.4, 0.5) is 16.2 Å². The number of nitrogens with one attached hydrogen (secondary N) is 1. The molecule has 2 rings (SSSR count). The molecular formula is C17H25N3O3. The molecule has 6 heteroatoms. The molecule has 0 atom stereocenters. The molecule has 3 N–H and O–H groups in total. The van der Waals surface area contributed by atoms with Crippen LogP contribution in [0.25, 0.3) is 0 Å². The topological polar surface area (TPSA) is 84.7 Å². The second-order valence-corrected chi connectivity index (χ2v) is 6.86. The predicted molar refractivity (Wildman–Crippen MR) is 90.0 cm³/mol. The van der Waals surface area contributed by atoms with E-state index in [-0.39, 0.29) is 17.9 Å². The third-order valence-corrected chi connectivity index (χ3v) is 3.67. The van der Waals surface area contributed by atoms with Gasteiger partial charge in [0, 0.05) is 30.4 Å². The molecule has 1 saturated heterocycles. The van der Waals surface area contributed by atoms with Crippen LogP contribution in [0.5, 0.6) is 0 Å². The van der Waals surface area contributed by atoms with Crippen LogP contribution in [0.2, 0.25) is 0 Å². The van der Waals surface area contributed by atoms with Gasteiger partial charge in [-0.2, -0.15) is 0 Å². The number of carbonyl (C=O) groups excluding carboxylic acids is 2. The smallest absolute Gasteiger partial charge is 0.410 e. The maximum absolute atomic E-state index is 12.3. The van der Waals surface area contributed by atoms with Crippen LogP contribution >= 0.6 is 0 Å². The summed E-state index contributed by atoms with van der Waals surface area (Å²) >= 11 is 0. The summed E-state index contributed by atoms with van der Waals surface area (Å²) < 4.78 is 5.35. The molecule has 1 fully saturated rings. The first kappa shape index (κ1) is 17.1. The van der Waals surface area contributed by atoms with E-state index in [1.165, 1.54) is 0 Å². The van der Waals surface area contributed by atoms with E-state index in [4.69, 9.17) is 10.5 Å². The number of nitrogen functional groups attached to an aromatic ring is 1. The largest absolute Gasteiger partial charge is 0.444 e. The van der Waals surface area contributed by atoms with Crippen LogP contribution in [-0.2, 0) is 9.53 Å². The van der Waals surface area contributed by atoms with Crippen LogP contribution < -0.4 is 11.1 Å². The number of likely N-dealkylation sites (tertiary alicyclic amines) is 1. The van der Waals surface area contributed by atoms with E-state index in [1.54, 1.807) is 23.1 Å². The number of rotatable bonds is 2. The molecule has 0 aliphatic carbocycles. The molecule has 0 spiro atoms. The van der Waals surface area contributed by atoms with Crippen molar-refractivity contribution in [2.45, 2.75) is 39.2 Å². The predicted octanol–water partition coefficient (Wildman–Crippen LogP) is 2.85. The van der Waals surface area contributed by atoms with Gasteiger partial charge in [0.25, 0.3) is 0 Å². The molecule has 0 aromatic heterocycles. The lowest BCUT2D eigenvalue weighted by Gasteiger charge is -2.32. The quantitative estimate of drug-likeness (QED) is 0.821. The minimum atomic E-state index is -0.501. The van der Waals surface area contributed by atoms with E-state index >= 15 is 0 Å². The standard InChI is InChI=1S/C17H25N3O3/c1-17(2,3)23-16(22)20-9-7-12(8-10-20)15(21)19-14-6-4-5-13(18)11-14/h4-6,11-12H,7-10,18H2,1-3H3,(H,19,21). The summed E-state index contributed by atoms with van der Waals surface area (Å²) in [6.07, 6.45) is 0.952. The molecule has 1 aromatic carbocycles. The fourth-order valence-corrected chi connectivity index (χ4v) is 2.51. The second kappa shape index (κ2) is 6.89. The van der Waals surface area contributed by atoms with Crippen molar-refractivity contribution in [3.63, 3.8) is 0 Å². The summed E-state index contributed by atoms with van der Waals surface area (Å²) in [6.45, 7) is 6.60. The molecule has 0 radical (unpaired) electrons. The number of carbonyl (C=O) groups is 2. The number of ether oxygens (including phenoxy) is 1. The van der Waals surface area contributed by atoms with Gasteiger partial charge < -0.3 is 20.7 Å². The van der Waals surface area contributed by atoms with Crippen molar-refractivity contribution >= 4 is 23.4 Å². The lowest BCUT2D eigenvalue weighted by atomic mass is 9.96. The van der Waals surface area contributed by atoms with Gasteiger partial charge in [0.15, 0.2) is 0 Å². The summed E-state index contributed by atoms with van der Waals surface area (Å²) in [7, 11) is 0. The lowest BCUT2D eigenvalue weighted by Crippen LogP contribution is -2.43. The minimum Gasteiger partial charge on any atom is -0.444 e. The van der Waals surface area contributed by atoms with E-state index in [1.807, 2.05) is 26.8 Å².